The third-order valence-corrected chi connectivity index (χ3v) is 4.15. The number of hydrogen-bond donors (Lipinski definition) is 3. The van der Waals surface area contributed by atoms with Crippen LogP contribution in [0.25, 0.3) is 0 Å². The maximum absolute atomic E-state index is 12.8. The van der Waals surface area contributed by atoms with Crippen molar-refractivity contribution in [3.63, 3.8) is 0 Å². The fourth-order valence-corrected chi connectivity index (χ4v) is 2.65. The Morgan fingerprint density at radius 2 is 1.53 bits per heavy atom. The first-order valence-electron chi connectivity index (χ1n) is 9.97. The SMILES string of the molecule is COc1cc(OC)cc(C(=O)Nc2ccccc2CNC(=O)CNC(=O)OC(C)(C)C)c1. The van der Waals surface area contributed by atoms with E-state index in [1.165, 1.54) is 14.2 Å². The second-order valence-electron chi connectivity index (χ2n) is 7.84. The topological polar surface area (TPSA) is 115 Å². The molecule has 32 heavy (non-hydrogen) atoms. The number of carbonyl (C=O) groups excluding carboxylic acids is 3. The largest absolute Gasteiger partial charge is 0.497 e. The molecule has 2 rings (SSSR count). The molecule has 0 bridgehead atoms. The van der Waals surface area contributed by atoms with Gasteiger partial charge in [0.15, 0.2) is 0 Å². The van der Waals surface area contributed by atoms with Crippen molar-refractivity contribution in [2.45, 2.75) is 32.9 Å². The van der Waals surface area contributed by atoms with Gasteiger partial charge in [0.2, 0.25) is 5.91 Å². The van der Waals surface area contributed by atoms with Crippen molar-refractivity contribution in [3.05, 3.63) is 53.6 Å². The number of methoxy groups -OCH3 is 2. The van der Waals surface area contributed by atoms with E-state index in [1.807, 2.05) is 0 Å². The maximum atomic E-state index is 12.8. The molecule has 2 aromatic rings. The number of carbonyl (C=O) groups is 3. The second-order valence-corrected chi connectivity index (χ2v) is 7.84. The molecule has 0 aliphatic carbocycles. The van der Waals surface area contributed by atoms with Crippen molar-refractivity contribution < 1.29 is 28.6 Å². The van der Waals surface area contributed by atoms with Gasteiger partial charge in [-0.15, -0.1) is 0 Å². The van der Waals surface area contributed by atoms with Gasteiger partial charge in [-0.1, -0.05) is 18.2 Å². The number of alkyl carbamates (subject to hydrolysis) is 1. The highest BCUT2D eigenvalue weighted by atomic mass is 16.6. The zero-order valence-corrected chi connectivity index (χ0v) is 18.9. The highest BCUT2D eigenvalue weighted by Gasteiger charge is 2.17. The van der Waals surface area contributed by atoms with Crippen molar-refractivity contribution in [3.8, 4) is 11.5 Å². The fraction of sp³-hybridized carbons (Fsp3) is 0.348. The number of nitrogens with one attached hydrogen (secondary N) is 3. The Labute approximate surface area is 187 Å². The average molecular weight is 444 g/mol. The predicted octanol–water partition coefficient (Wildman–Crippen LogP) is 3.10. The van der Waals surface area contributed by atoms with Crippen molar-refractivity contribution in [1.29, 1.82) is 0 Å². The van der Waals surface area contributed by atoms with Gasteiger partial charge in [0.05, 0.1) is 14.2 Å². The van der Waals surface area contributed by atoms with E-state index in [0.717, 1.165) is 0 Å². The molecule has 0 radical (unpaired) electrons. The molecule has 0 saturated carbocycles. The number of benzene rings is 2. The standard InChI is InChI=1S/C23H29N3O6/c1-23(2,3)32-22(29)25-14-20(27)24-13-15-8-6-7-9-19(15)26-21(28)16-10-17(30-4)12-18(11-16)31-5/h6-12H,13-14H2,1-5H3,(H,24,27)(H,25,29)(H,26,28). The lowest BCUT2D eigenvalue weighted by Gasteiger charge is -2.19. The van der Waals surface area contributed by atoms with Crippen LogP contribution in [0.4, 0.5) is 10.5 Å². The molecule has 172 valence electrons. The minimum atomic E-state index is -0.672. The lowest BCUT2D eigenvalue weighted by molar-refractivity contribution is -0.120. The van der Waals surface area contributed by atoms with Crippen LogP contribution in [0.15, 0.2) is 42.5 Å². The summed E-state index contributed by atoms with van der Waals surface area (Å²) in [6, 6.07) is 12.0. The summed E-state index contributed by atoms with van der Waals surface area (Å²) in [6.07, 6.45) is -0.672. The predicted molar refractivity (Wildman–Crippen MR) is 120 cm³/mol. The number of hydrogen-bond acceptors (Lipinski definition) is 6. The Balaban J connectivity index is 1.99. The first kappa shape index (κ1) is 24.5. The smallest absolute Gasteiger partial charge is 0.408 e. The molecule has 2 aromatic carbocycles. The first-order valence-corrected chi connectivity index (χ1v) is 9.97. The molecule has 3 N–H and O–H groups in total. The normalized spacial score (nSPS) is 10.7. The minimum Gasteiger partial charge on any atom is -0.497 e. The van der Waals surface area contributed by atoms with Crippen LogP contribution in [0.1, 0.15) is 36.7 Å². The molecule has 0 aliphatic rings. The summed E-state index contributed by atoms with van der Waals surface area (Å²) < 4.78 is 15.5. The molecule has 0 aromatic heterocycles. The molecule has 0 spiro atoms. The summed E-state index contributed by atoms with van der Waals surface area (Å²) in [4.78, 5) is 36.5. The van der Waals surface area contributed by atoms with E-state index < -0.39 is 17.6 Å². The van der Waals surface area contributed by atoms with Gasteiger partial charge in [-0.2, -0.15) is 0 Å². The molecule has 0 atom stereocenters. The van der Waals surface area contributed by atoms with Crippen molar-refractivity contribution in [2.24, 2.45) is 0 Å². The van der Waals surface area contributed by atoms with Gasteiger partial charge in [0.1, 0.15) is 23.6 Å². The second kappa shape index (κ2) is 11.0. The lowest BCUT2D eigenvalue weighted by Crippen LogP contribution is -2.39. The van der Waals surface area contributed by atoms with E-state index in [4.69, 9.17) is 14.2 Å². The van der Waals surface area contributed by atoms with Crippen LogP contribution in [0.2, 0.25) is 0 Å². The highest BCUT2D eigenvalue weighted by molar-refractivity contribution is 6.05. The third kappa shape index (κ3) is 7.82. The van der Waals surface area contributed by atoms with E-state index in [-0.39, 0.29) is 19.0 Å². The van der Waals surface area contributed by atoms with E-state index in [1.54, 1.807) is 63.2 Å². The zero-order valence-electron chi connectivity index (χ0n) is 18.9. The van der Waals surface area contributed by atoms with Crippen LogP contribution in [0.5, 0.6) is 11.5 Å². The molecular weight excluding hydrogens is 414 g/mol. The molecule has 0 heterocycles. The lowest BCUT2D eigenvalue weighted by atomic mass is 10.1. The molecule has 0 unspecified atom stereocenters. The Hall–Kier alpha value is -3.75. The van der Waals surface area contributed by atoms with Crippen LogP contribution in [0, 0.1) is 0 Å². The van der Waals surface area contributed by atoms with Crippen LogP contribution in [0.3, 0.4) is 0 Å². The Morgan fingerprint density at radius 3 is 2.12 bits per heavy atom. The van der Waals surface area contributed by atoms with Crippen molar-refractivity contribution >= 4 is 23.6 Å². The van der Waals surface area contributed by atoms with Gasteiger partial charge in [-0.3, -0.25) is 9.59 Å². The van der Waals surface area contributed by atoms with Gasteiger partial charge in [0.25, 0.3) is 5.91 Å². The summed E-state index contributed by atoms with van der Waals surface area (Å²) >= 11 is 0. The monoisotopic (exact) mass is 443 g/mol. The summed E-state index contributed by atoms with van der Waals surface area (Å²) in [7, 11) is 3.01. The first-order chi connectivity index (χ1) is 15.1. The molecule has 9 heteroatoms. The Kier molecular flexibility index (Phi) is 8.46. The number of anilines is 1. The highest BCUT2D eigenvalue weighted by Crippen LogP contribution is 2.24. The number of rotatable bonds is 8. The summed E-state index contributed by atoms with van der Waals surface area (Å²) in [5.74, 6) is 0.238. The van der Waals surface area contributed by atoms with E-state index in [0.29, 0.717) is 28.3 Å². The van der Waals surface area contributed by atoms with Crippen LogP contribution in [-0.2, 0) is 16.1 Å². The molecule has 9 nitrogen and oxygen atoms in total. The van der Waals surface area contributed by atoms with Crippen LogP contribution >= 0.6 is 0 Å². The van der Waals surface area contributed by atoms with Gasteiger partial charge in [0, 0.05) is 23.9 Å². The van der Waals surface area contributed by atoms with Crippen molar-refractivity contribution in [1.82, 2.24) is 10.6 Å². The van der Waals surface area contributed by atoms with E-state index >= 15 is 0 Å². The van der Waals surface area contributed by atoms with E-state index in [2.05, 4.69) is 16.0 Å². The van der Waals surface area contributed by atoms with E-state index in [9.17, 15) is 14.4 Å². The summed E-state index contributed by atoms with van der Waals surface area (Å²) in [5.41, 5.74) is 0.951. The number of amides is 3. The van der Waals surface area contributed by atoms with Crippen LogP contribution < -0.4 is 25.4 Å². The zero-order chi connectivity index (χ0) is 23.7. The summed E-state index contributed by atoms with van der Waals surface area (Å²) in [6.45, 7) is 5.14. The fourth-order valence-electron chi connectivity index (χ4n) is 2.65. The van der Waals surface area contributed by atoms with Gasteiger partial charge < -0.3 is 30.2 Å². The molecule has 0 saturated heterocycles. The average Bonchev–Trinajstić information content (AvgIpc) is 2.75. The van der Waals surface area contributed by atoms with Gasteiger partial charge in [-0.25, -0.2) is 4.79 Å². The Bertz CT molecular complexity index is 946. The maximum Gasteiger partial charge on any atom is 0.408 e. The third-order valence-electron chi connectivity index (χ3n) is 4.15. The molecule has 0 aliphatic heterocycles. The number of para-hydroxylation sites is 1. The summed E-state index contributed by atoms with van der Waals surface area (Å²) in [5, 5.41) is 7.94. The van der Waals surface area contributed by atoms with Crippen LogP contribution in [-0.4, -0.2) is 44.3 Å². The number of ether oxygens (including phenoxy) is 3. The Morgan fingerprint density at radius 1 is 0.906 bits per heavy atom. The molecular formula is C23H29N3O6. The quantitative estimate of drug-likeness (QED) is 0.578. The van der Waals surface area contributed by atoms with Gasteiger partial charge >= 0.3 is 6.09 Å². The molecule has 3 amide bonds. The molecule has 0 fully saturated rings. The minimum absolute atomic E-state index is 0.159. The van der Waals surface area contributed by atoms with Gasteiger partial charge in [-0.05, 0) is 44.5 Å². The van der Waals surface area contributed by atoms with Crippen molar-refractivity contribution in [2.75, 3.05) is 26.1 Å².